The van der Waals surface area contributed by atoms with Crippen LogP contribution in [0.5, 0.6) is 0 Å². The van der Waals surface area contributed by atoms with Crippen LogP contribution in [0.1, 0.15) is 28.7 Å². The van der Waals surface area contributed by atoms with Gasteiger partial charge in [0.15, 0.2) is 0 Å². The van der Waals surface area contributed by atoms with Gasteiger partial charge in [-0.1, -0.05) is 0 Å². The van der Waals surface area contributed by atoms with Crippen LogP contribution >= 0.6 is 0 Å². The molecule has 0 spiro atoms. The fourth-order valence-electron chi connectivity index (χ4n) is 2.57. The van der Waals surface area contributed by atoms with Crippen molar-refractivity contribution in [2.24, 2.45) is 7.05 Å². The van der Waals surface area contributed by atoms with Gasteiger partial charge in [-0.25, -0.2) is 19.7 Å². The number of esters is 1. The van der Waals surface area contributed by atoms with Crippen molar-refractivity contribution in [2.75, 3.05) is 11.9 Å². The minimum Gasteiger partial charge on any atom is -0.461 e. The highest BCUT2D eigenvalue weighted by Crippen LogP contribution is 2.20. The first-order chi connectivity index (χ1) is 12.5. The predicted octanol–water partition coefficient (Wildman–Crippen LogP) is 2.81. The molecule has 3 heterocycles. The molecule has 0 unspecified atom stereocenters. The molecule has 0 aliphatic carbocycles. The van der Waals surface area contributed by atoms with Crippen LogP contribution in [0, 0.1) is 13.8 Å². The molecular weight excluding hydrogens is 332 g/mol. The summed E-state index contributed by atoms with van der Waals surface area (Å²) in [6.45, 7) is 6.00. The molecule has 3 rings (SSSR count). The first-order valence-electron chi connectivity index (χ1n) is 8.23. The second-order valence-electron chi connectivity index (χ2n) is 5.82. The fraction of sp³-hybridized carbons (Fsp3) is 0.278. The SMILES string of the molecule is CCOC(=O)c1cc(-c2ccnc(Nc3cc(C)cc(C)n3)n2)nn1C. The highest BCUT2D eigenvalue weighted by atomic mass is 16.5. The molecule has 1 N–H and O–H groups in total. The molecule has 8 nitrogen and oxygen atoms in total. The molecule has 0 aromatic carbocycles. The molecular formula is C18H20N6O2. The van der Waals surface area contributed by atoms with Crippen molar-refractivity contribution in [3.05, 3.63) is 47.4 Å². The van der Waals surface area contributed by atoms with Crippen LogP contribution in [0.2, 0.25) is 0 Å². The lowest BCUT2D eigenvalue weighted by Gasteiger charge is -2.06. The zero-order valence-corrected chi connectivity index (χ0v) is 15.1. The lowest BCUT2D eigenvalue weighted by molar-refractivity contribution is 0.0513. The van der Waals surface area contributed by atoms with Crippen molar-refractivity contribution < 1.29 is 9.53 Å². The number of pyridine rings is 1. The molecule has 0 fully saturated rings. The van der Waals surface area contributed by atoms with Crippen molar-refractivity contribution in [1.29, 1.82) is 0 Å². The number of aryl methyl sites for hydroxylation is 3. The minimum absolute atomic E-state index is 0.309. The molecule has 0 aliphatic heterocycles. The Morgan fingerprint density at radius 1 is 1.19 bits per heavy atom. The van der Waals surface area contributed by atoms with E-state index in [1.807, 2.05) is 26.0 Å². The van der Waals surface area contributed by atoms with Gasteiger partial charge in [0, 0.05) is 25.0 Å². The highest BCUT2D eigenvalue weighted by Gasteiger charge is 2.16. The zero-order chi connectivity index (χ0) is 18.7. The second-order valence-corrected chi connectivity index (χ2v) is 5.82. The standard InChI is InChI=1S/C18H20N6O2/c1-5-26-17(25)15-10-14(23-24(15)4)13-6-7-19-18(21-13)22-16-9-11(2)8-12(3)20-16/h6-10H,5H2,1-4H3,(H,19,20,21,22). The average molecular weight is 352 g/mol. The maximum atomic E-state index is 11.9. The molecule has 0 saturated carbocycles. The highest BCUT2D eigenvalue weighted by molar-refractivity contribution is 5.88. The Morgan fingerprint density at radius 2 is 2.00 bits per heavy atom. The van der Waals surface area contributed by atoms with Crippen LogP contribution in [0.3, 0.4) is 0 Å². The van der Waals surface area contributed by atoms with Gasteiger partial charge in [0.25, 0.3) is 0 Å². The van der Waals surface area contributed by atoms with Crippen molar-refractivity contribution in [1.82, 2.24) is 24.7 Å². The maximum Gasteiger partial charge on any atom is 0.356 e. The molecule has 0 bridgehead atoms. The smallest absolute Gasteiger partial charge is 0.356 e. The van der Waals surface area contributed by atoms with Crippen LogP contribution in [-0.2, 0) is 11.8 Å². The van der Waals surface area contributed by atoms with E-state index in [1.54, 1.807) is 32.3 Å². The lowest BCUT2D eigenvalue weighted by atomic mass is 10.2. The number of anilines is 2. The largest absolute Gasteiger partial charge is 0.461 e. The topological polar surface area (TPSA) is 94.8 Å². The third kappa shape index (κ3) is 3.85. The first-order valence-corrected chi connectivity index (χ1v) is 8.23. The quantitative estimate of drug-likeness (QED) is 0.705. The van der Waals surface area contributed by atoms with E-state index in [1.165, 1.54) is 4.68 Å². The van der Waals surface area contributed by atoms with Crippen LogP contribution < -0.4 is 5.32 Å². The van der Waals surface area contributed by atoms with E-state index < -0.39 is 5.97 Å². The Bertz CT molecular complexity index is 930. The molecule has 134 valence electrons. The first kappa shape index (κ1) is 17.5. The van der Waals surface area contributed by atoms with Crippen LogP contribution in [0.4, 0.5) is 11.8 Å². The molecule has 26 heavy (non-hydrogen) atoms. The number of aromatic nitrogens is 5. The average Bonchev–Trinajstić information content (AvgIpc) is 2.96. The molecule has 3 aromatic heterocycles. The third-order valence-corrected chi connectivity index (χ3v) is 3.62. The number of ether oxygens (including phenoxy) is 1. The maximum absolute atomic E-state index is 11.9. The number of nitrogens with zero attached hydrogens (tertiary/aromatic N) is 5. The van der Waals surface area contributed by atoms with E-state index >= 15 is 0 Å². The molecule has 0 radical (unpaired) electrons. The van der Waals surface area contributed by atoms with Gasteiger partial charge < -0.3 is 10.1 Å². The Balaban J connectivity index is 1.88. The molecule has 3 aromatic rings. The molecule has 8 heteroatoms. The summed E-state index contributed by atoms with van der Waals surface area (Å²) in [7, 11) is 1.69. The number of nitrogens with one attached hydrogen (secondary N) is 1. The van der Waals surface area contributed by atoms with Gasteiger partial charge in [-0.3, -0.25) is 4.68 Å². The van der Waals surface area contributed by atoms with Crippen molar-refractivity contribution in [2.45, 2.75) is 20.8 Å². The van der Waals surface area contributed by atoms with Crippen molar-refractivity contribution in [3.63, 3.8) is 0 Å². The minimum atomic E-state index is -0.416. The number of carbonyl (C=O) groups is 1. The van der Waals surface area contributed by atoms with Gasteiger partial charge in [0.1, 0.15) is 17.2 Å². The Hall–Kier alpha value is -3.29. The number of carbonyl (C=O) groups excluding carboxylic acids is 1. The fourth-order valence-corrected chi connectivity index (χ4v) is 2.57. The normalized spacial score (nSPS) is 10.6. The Labute approximate surface area is 151 Å². The molecule has 0 atom stereocenters. The predicted molar refractivity (Wildman–Crippen MR) is 97.2 cm³/mol. The van der Waals surface area contributed by atoms with E-state index in [0.717, 1.165) is 11.3 Å². The van der Waals surface area contributed by atoms with Gasteiger partial charge in [0.2, 0.25) is 5.95 Å². The third-order valence-electron chi connectivity index (χ3n) is 3.62. The summed E-state index contributed by atoms with van der Waals surface area (Å²) in [6, 6.07) is 7.30. The Kier molecular flexibility index (Phi) is 4.92. The number of hydrogen-bond acceptors (Lipinski definition) is 7. The van der Waals surface area contributed by atoms with E-state index in [0.29, 0.717) is 35.5 Å². The van der Waals surface area contributed by atoms with Gasteiger partial charge in [-0.15, -0.1) is 0 Å². The number of hydrogen-bond donors (Lipinski definition) is 1. The van der Waals surface area contributed by atoms with Crippen LogP contribution in [0.25, 0.3) is 11.4 Å². The number of rotatable bonds is 5. The van der Waals surface area contributed by atoms with Crippen molar-refractivity contribution >= 4 is 17.7 Å². The summed E-state index contributed by atoms with van der Waals surface area (Å²) >= 11 is 0. The van der Waals surface area contributed by atoms with Gasteiger partial charge in [-0.2, -0.15) is 5.10 Å². The summed E-state index contributed by atoms with van der Waals surface area (Å²) in [5.74, 6) is 0.664. The summed E-state index contributed by atoms with van der Waals surface area (Å²) in [6.07, 6.45) is 1.63. The summed E-state index contributed by atoms with van der Waals surface area (Å²) in [5.41, 5.74) is 3.53. The van der Waals surface area contributed by atoms with Crippen molar-refractivity contribution in [3.8, 4) is 11.4 Å². The van der Waals surface area contributed by atoms with E-state index in [-0.39, 0.29) is 0 Å². The van der Waals surface area contributed by atoms with Crippen LogP contribution in [-0.4, -0.2) is 37.3 Å². The summed E-state index contributed by atoms with van der Waals surface area (Å²) in [4.78, 5) is 25.1. The summed E-state index contributed by atoms with van der Waals surface area (Å²) < 4.78 is 6.51. The molecule has 0 saturated heterocycles. The van der Waals surface area contributed by atoms with Gasteiger partial charge >= 0.3 is 5.97 Å². The summed E-state index contributed by atoms with van der Waals surface area (Å²) in [5, 5.41) is 7.44. The van der Waals surface area contributed by atoms with Gasteiger partial charge in [0.05, 0.1) is 12.3 Å². The monoisotopic (exact) mass is 352 g/mol. The second kappa shape index (κ2) is 7.30. The molecule has 0 aliphatic rings. The zero-order valence-electron chi connectivity index (χ0n) is 15.1. The molecule has 0 amide bonds. The van der Waals surface area contributed by atoms with Gasteiger partial charge in [-0.05, 0) is 44.5 Å². The van der Waals surface area contributed by atoms with E-state index in [2.05, 4.69) is 25.4 Å². The van der Waals surface area contributed by atoms with E-state index in [9.17, 15) is 4.79 Å². The lowest BCUT2D eigenvalue weighted by Crippen LogP contribution is -2.10. The Morgan fingerprint density at radius 3 is 2.73 bits per heavy atom. The van der Waals surface area contributed by atoms with Crippen LogP contribution in [0.15, 0.2) is 30.5 Å². The van der Waals surface area contributed by atoms with E-state index in [4.69, 9.17) is 4.74 Å².